The zero-order valence-electron chi connectivity index (χ0n) is 16.9. The summed E-state index contributed by atoms with van der Waals surface area (Å²) in [6, 6.07) is 11.0. The summed E-state index contributed by atoms with van der Waals surface area (Å²) in [5, 5.41) is 0. The van der Waals surface area contributed by atoms with Gasteiger partial charge in [-0.1, -0.05) is 30.3 Å². The van der Waals surface area contributed by atoms with Gasteiger partial charge in [-0.15, -0.1) is 0 Å². The highest BCUT2D eigenvalue weighted by Crippen LogP contribution is 2.16. The molecule has 2 aliphatic rings. The molecule has 6 nitrogen and oxygen atoms in total. The number of morpholine rings is 1. The van der Waals surface area contributed by atoms with E-state index < -0.39 is 5.60 Å². The molecular formula is C21H33N3O3. The molecule has 1 aromatic carbocycles. The van der Waals surface area contributed by atoms with E-state index in [0.29, 0.717) is 6.04 Å². The summed E-state index contributed by atoms with van der Waals surface area (Å²) in [7, 11) is 0. The minimum absolute atomic E-state index is 0.200. The molecule has 2 heterocycles. The summed E-state index contributed by atoms with van der Waals surface area (Å²) < 4.78 is 11.2. The van der Waals surface area contributed by atoms with Gasteiger partial charge in [0.25, 0.3) is 0 Å². The van der Waals surface area contributed by atoms with Crippen molar-refractivity contribution in [3.63, 3.8) is 0 Å². The van der Waals surface area contributed by atoms with E-state index in [1.165, 1.54) is 5.56 Å². The van der Waals surface area contributed by atoms with E-state index in [4.69, 9.17) is 9.47 Å². The van der Waals surface area contributed by atoms with Gasteiger partial charge in [0.1, 0.15) is 5.60 Å². The lowest BCUT2D eigenvalue weighted by molar-refractivity contribution is -0.0306. The standard InChI is InChI=1S/C21H33N3O3/c1-21(2,3)27-20(25)23-11-9-22(10-12-23)16-19-17-26-14-13-24(19)15-18-7-5-4-6-8-18/h4-8,19H,9-17H2,1-3H3/t19-/m0/s1. The SMILES string of the molecule is CC(C)(C)OC(=O)N1CCN(C[C@H]2COCCN2Cc2ccccc2)CC1. The van der Waals surface area contributed by atoms with Crippen molar-refractivity contribution in [1.29, 1.82) is 0 Å². The molecule has 1 amide bonds. The summed E-state index contributed by atoms with van der Waals surface area (Å²) in [6.07, 6.45) is -0.200. The van der Waals surface area contributed by atoms with Gasteiger partial charge in [0, 0.05) is 51.9 Å². The molecule has 0 radical (unpaired) electrons. The number of carbonyl (C=O) groups is 1. The van der Waals surface area contributed by atoms with E-state index in [0.717, 1.165) is 59.0 Å². The molecular weight excluding hydrogens is 342 g/mol. The number of amides is 1. The van der Waals surface area contributed by atoms with Crippen molar-refractivity contribution >= 4 is 6.09 Å². The highest BCUT2D eigenvalue weighted by molar-refractivity contribution is 5.68. The molecule has 1 aromatic rings. The first-order chi connectivity index (χ1) is 12.9. The molecule has 6 heteroatoms. The fraction of sp³-hybridized carbons (Fsp3) is 0.667. The van der Waals surface area contributed by atoms with E-state index >= 15 is 0 Å². The molecule has 0 saturated carbocycles. The monoisotopic (exact) mass is 375 g/mol. The van der Waals surface area contributed by atoms with Crippen LogP contribution in [-0.4, -0.2) is 84.9 Å². The largest absolute Gasteiger partial charge is 0.444 e. The molecule has 1 atom stereocenters. The molecule has 2 saturated heterocycles. The maximum atomic E-state index is 12.2. The average Bonchev–Trinajstić information content (AvgIpc) is 2.63. The van der Waals surface area contributed by atoms with Crippen molar-refractivity contribution in [2.45, 2.75) is 39.0 Å². The van der Waals surface area contributed by atoms with Crippen LogP contribution in [0.4, 0.5) is 4.79 Å². The van der Waals surface area contributed by atoms with Gasteiger partial charge >= 0.3 is 6.09 Å². The predicted molar refractivity (Wildman–Crippen MR) is 106 cm³/mol. The fourth-order valence-electron chi connectivity index (χ4n) is 3.62. The minimum Gasteiger partial charge on any atom is -0.444 e. The van der Waals surface area contributed by atoms with Crippen LogP contribution in [0.5, 0.6) is 0 Å². The molecule has 0 aliphatic carbocycles. The third-order valence-electron chi connectivity index (χ3n) is 5.07. The highest BCUT2D eigenvalue weighted by atomic mass is 16.6. The Bertz CT molecular complexity index is 594. The number of nitrogens with zero attached hydrogens (tertiary/aromatic N) is 3. The highest BCUT2D eigenvalue weighted by Gasteiger charge is 2.29. The predicted octanol–water partition coefficient (Wildman–Crippen LogP) is 2.44. The minimum atomic E-state index is -0.439. The Morgan fingerprint density at radius 3 is 2.48 bits per heavy atom. The maximum Gasteiger partial charge on any atom is 0.410 e. The first kappa shape index (κ1) is 20.1. The van der Waals surface area contributed by atoms with E-state index in [9.17, 15) is 4.79 Å². The molecule has 150 valence electrons. The number of carbonyl (C=O) groups excluding carboxylic acids is 1. The topological polar surface area (TPSA) is 45.3 Å². The Morgan fingerprint density at radius 1 is 1.11 bits per heavy atom. The van der Waals surface area contributed by atoms with Crippen LogP contribution in [0.3, 0.4) is 0 Å². The quantitative estimate of drug-likeness (QED) is 0.809. The second kappa shape index (κ2) is 9.04. The Balaban J connectivity index is 1.49. The van der Waals surface area contributed by atoms with E-state index in [-0.39, 0.29) is 6.09 Å². The molecule has 0 unspecified atom stereocenters. The van der Waals surface area contributed by atoms with Crippen molar-refractivity contribution in [3.8, 4) is 0 Å². The van der Waals surface area contributed by atoms with Crippen LogP contribution in [0.2, 0.25) is 0 Å². The number of hydrogen-bond donors (Lipinski definition) is 0. The molecule has 0 N–H and O–H groups in total. The second-order valence-corrected chi connectivity index (χ2v) is 8.45. The van der Waals surface area contributed by atoms with Crippen molar-refractivity contribution in [2.75, 3.05) is 52.5 Å². The summed E-state index contributed by atoms with van der Waals surface area (Å²) in [4.78, 5) is 19.0. The van der Waals surface area contributed by atoms with Gasteiger partial charge in [-0.2, -0.15) is 0 Å². The number of piperazine rings is 1. The van der Waals surface area contributed by atoms with Crippen LogP contribution < -0.4 is 0 Å². The van der Waals surface area contributed by atoms with Crippen molar-refractivity contribution < 1.29 is 14.3 Å². The van der Waals surface area contributed by atoms with Gasteiger partial charge < -0.3 is 14.4 Å². The lowest BCUT2D eigenvalue weighted by atomic mass is 10.1. The van der Waals surface area contributed by atoms with Crippen LogP contribution >= 0.6 is 0 Å². The van der Waals surface area contributed by atoms with Gasteiger partial charge in [-0.3, -0.25) is 9.80 Å². The van der Waals surface area contributed by atoms with Crippen LogP contribution in [-0.2, 0) is 16.0 Å². The molecule has 0 aromatic heterocycles. The Labute approximate surface area is 163 Å². The normalized spacial score (nSPS) is 22.6. The number of ether oxygens (including phenoxy) is 2. The van der Waals surface area contributed by atoms with Crippen LogP contribution in [0.25, 0.3) is 0 Å². The molecule has 0 bridgehead atoms. The van der Waals surface area contributed by atoms with Gasteiger partial charge in [-0.05, 0) is 26.3 Å². The van der Waals surface area contributed by atoms with E-state index in [1.807, 2.05) is 25.7 Å². The Hall–Kier alpha value is -1.63. The van der Waals surface area contributed by atoms with Crippen LogP contribution in [0.15, 0.2) is 30.3 Å². The smallest absolute Gasteiger partial charge is 0.410 e. The van der Waals surface area contributed by atoms with Gasteiger partial charge in [0.15, 0.2) is 0 Å². The van der Waals surface area contributed by atoms with Crippen LogP contribution in [0, 0.1) is 0 Å². The molecule has 2 fully saturated rings. The van der Waals surface area contributed by atoms with Crippen molar-refractivity contribution in [3.05, 3.63) is 35.9 Å². The summed E-state index contributed by atoms with van der Waals surface area (Å²) >= 11 is 0. The lowest BCUT2D eigenvalue weighted by Crippen LogP contribution is -2.55. The third kappa shape index (κ3) is 6.19. The summed E-state index contributed by atoms with van der Waals surface area (Å²) in [6.45, 7) is 13.4. The van der Waals surface area contributed by atoms with Crippen molar-refractivity contribution in [2.24, 2.45) is 0 Å². The molecule has 0 spiro atoms. The number of hydrogen-bond acceptors (Lipinski definition) is 5. The zero-order chi connectivity index (χ0) is 19.3. The average molecular weight is 376 g/mol. The first-order valence-corrected chi connectivity index (χ1v) is 9.97. The Morgan fingerprint density at radius 2 is 1.81 bits per heavy atom. The molecule has 2 aliphatic heterocycles. The van der Waals surface area contributed by atoms with E-state index in [2.05, 4.69) is 40.1 Å². The zero-order valence-corrected chi connectivity index (χ0v) is 16.9. The molecule has 3 rings (SSSR count). The van der Waals surface area contributed by atoms with Crippen molar-refractivity contribution in [1.82, 2.24) is 14.7 Å². The summed E-state index contributed by atoms with van der Waals surface area (Å²) in [5.74, 6) is 0. The maximum absolute atomic E-state index is 12.2. The van der Waals surface area contributed by atoms with Gasteiger partial charge in [0.05, 0.1) is 13.2 Å². The second-order valence-electron chi connectivity index (χ2n) is 8.45. The molecule has 27 heavy (non-hydrogen) atoms. The number of rotatable bonds is 4. The fourth-order valence-corrected chi connectivity index (χ4v) is 3.62. The first-order valence-electron chi connectivity index (χ1n) is 9.97. The third-order valence-corrected chi connectivity index (χ3v) is 5.07. The lowest BCUT2D eigenvalue weighted by Gasteiger charge is -2.41. The van der Waals surface area contributed by atoms with Gasteiger partial charge in [0.2, 0.25) is 0 Å². The van der Waals surface area contributed by atoms with E-state index in [1.54, 1.807) is 0 Å². The number of benzene rings is 1. The summed E-state index contributed by atoms with van der Waals surface area (Å²) in [5.41, 5.74) is 0.908. The Kier molecular flexibility index (Phi) is 6.73. The van der Waals surface area contributed by atoms with Crippen LogP contribution in [0.1, 0.15) is 26.3 Å². The van der Waals surface area contributed by atoms with Gasteiger partial charge in [-0.25, -0.2) is 4.79 Å².